The Balaban J connectivity index is 1.62. The van der Waals surface area contributed by atoms with Crippen molar-refractivity contribution in [3.05, 3.63) is 45.9 Å². The fraction of sp³-hybridized carbons (Fsp3) is 0.412. The minimum Gasteiger partial charge on any atom is -0.490 e. The van der Waals surface area contributed by atoms with Gasteiger partial charge in [0.15, 0.2) is 11.6 Å². The van der Waals surface area contributed by atoms with Gasteiger partial charge in [-0.2, -0.15) is 5.26 Å². The van der Waals surface area contributed by atoms with Crippen LogP contribution in [-0.4, -0.2) is 29.1 Å². The Labute approximate surface area is 151 Å². The molecule has 2 heterocycles. The van der Waals surface area contributed by atoms with Gasteiger partial charge in [-0.15, -0.1) is 11.3 Å². The number of aromatic nitrogens is 1. The highest BCUT2D eigenvalue weighted by atomic mass is 32.1. The Morgan fingerprint density at radius 1 is 1.23 bits per heavy atom. The van der Waals surface area contributed by atoms with E-state index < -0.39 is 24.1 Å². The van der Waals surface area contributed by atoms with Crippen LogP contribution in [0.1, 0.15) is 35.9 Å². The lowest BCUT2D eigenvalue weighted by Gasteiger charge is -2.34. The van der Waals surface area contributed by atoms with Crippen LogP contribution in [0.2, 0.25) is 0 Å². The van der Waals surface area contributed by atoms with Crippen LogP contribution >= 0.6 is 11.3 Å². The molecule has 3 rings (SSSR count). The topological polar surface area (TPSA) is 49.2 Å². The van der Waals surface area contributed by atoms with Crippen LogP contribution in [0.4, 0.5) is 17.6 Å². The Bertz CT molecular complexity index is 800. The summed E-state index contributed by atoms with van der Waals surface area (Å²) in [6.45, 7) is 0.931. The summed E-state index contributed by atoms with van der Waals surface area (Å²) in [5.74, 6) is -1.68. The number of piperidine rings is 1. The molecular weight excluding hydrogens is 370 g/mol. The van der Waals surface area contributed by atoms with E-state index in [0.717, 1.165) is 23.5 Å². The van der Waals surface area contributed by atoms with Gasteiger partial charge in [0.25, 0.3) is 6.43 Å². The average Bonchev–Trinajstić information content (AvgIpc) is 3.10. The van der Waals surface area contributed by atoms with Crippen molar-refractivity contribution in [3.63, 3.8) is 0 Å². The van der Waals surface area contributed by atoms with Gasteiger partial charge in [-0.05, 0) is 25.0 Å². The minimum absolute atomic E-state index is 0.216. The SMILES string of the molecule is N#CC(c1scnc1C(F)F)N1CCC(Oc2ccc(F)c(F)c2)CC1. The van der Waals surface area contributed by atoms with Gasteiger partial charge in [0.1, 0.15) is 23.6 Å². The zero-order chi connectivity index (χ0) is 18.7. The number of benzene rings is 1. The second-order valence-corrected chi connectivity index (χ2v) is 6.75. The van der Waals surface area contributed by atoms with E-state index >= 15 is 0 Å². The molecule has 0 amide bonds. The molecule has 1 aromatic heterocycles. The first-order chi connectivity index (χ1) is 12.5. The standard InChI is InChI=1S/C17H15F4N3OS/c18-12-2-1-11(7-13(12)19)25-10-3-5-24(6-4-10)14(8-22)16-15(17(20)21)23-9-26-16/h1-2,7,9-10,14,17H,3-6H2. The van der Waals surface area contributed by atoms with Crippen LogP contribution in [0.15, 0.2) is 23.7 Å². The Kier molecular flexibility index (Phi) is 5.74. The number of halogens is 4. The van der Waals surface area contributed by atoms with Gasteiger partial charge in [0.05, 0.1) is 16.5 Å². The summed E-state index contributed by atoms with van der Waals surface area (Å²) < 4.78 is 57.9. The van der Waals surface area contributed by atoms with Crippen LogP contribution in [0.5, 0.6) is 5.75 Å². The molecule has 2 aromatic rings. The van der Waals surface area contributed by atoms with Crippen LogP contribution in [0.25, 0.3) is 0 Å². The van der Waals surface area contributed by atoms with Crippen molar-refractivity contribution in [2.75, 3.05) is 13.1 Å². The van der Waals surface area contributed by atoms with Crippen LogP contribution in [0.3, 0.4) is 0 Å². The maximum atomic E-state index is 13.2. The van der Waals surface area contributed by atoms with Crippen molar-refractivity contribution in [1.82, 2.24) is 9.88 Å². The van der Waals surface area contributed by atoms with Crippen molar-refractivity contribution in [3.8, 4) is 11.8 Å². The van der Waals surface area contributed by atoms with Gasteiger partial charge in [-0.3, -0.25) is 4.90 Å². The molecule has 0 aliphatic carbocycles. The third-order valence-corrected chi connectivity index (χ3v) is 5.13. The number of rotatable bonds is 5. The van der Waals surface area contributed by atoms with E-state index in [0.29, 0.717) is 25.9 Å². The molecule has 0 saturated carbocycles. The molecule has 0 bridgehead atoms. The van der Waals surface area contributed by atoms with Gasteiger partial charge in [0.2, 0.25) is 0 Å². The van der Waals surface area contributed by atoms with Gasteiger partial charge in [-0.1, -0.05) is 0 Å². The smallest absolute Gasteiger partial charge is 0.281 e. The predicted octanol–water partition coefficient (Wildman–Crippen LogP) is 4.47. The van der Waals surface area contributed by atoms with E-state index in [9.17, 15) is 22.8 Å². The Morgan fingerprint density at radius 3 is 2.58 bits per heavy atom. The second-order valence-electron chi connectivity index (χ2n) is 5.86. The normalized spacial score (nSPS) is 17.2. The van der Waals surface area contributed by atoms with E-state index in [1.165, 1.54) is 11.6 Å². The van der Waals surface area contributed by atoms with E-state index in [1.54, 1.807) is 0 Å². The molecule has 1 aliphatic heterocycles. The average molecular weight is 385 g/mol. The number of nitrogens with zero attached hydrogens (tertiary/aromatic N) is 3. The van der Waals surface area contributed by atoms with E-state index in [4.69, 9.17) is 4.74 Å². The maximum absolute atomic E-state index is 13.2. The molecule has 4 nitrogen and oxygen atoms in total. The summed E-state index contributed by atoms with van der Waals surface area (Å²) in [6.07, 6.45) is -1.85. The van der Waals surface area contributed by atoms with Gasteiger partial charge < -0.3 is 4.74 Å². The molecule has 0 spiro atoms. The first-order valence-electron chi connectivity index (χ1n) is 7.96. The molecule has 1 unspecified atom stereocenters. The summed E-state index contributed by atoms with van der Waals surface area (Å²) in [5.41, 5.74) is 0.974. The number of nitriles is 1. The summed E-state index contributed by atoms with van der Waals surface area (Å²) in [5, 5.41) is 9.45. The molecule has 1 fully saturated rings. The second kappa shape index (κ2) is 8.01. The fourth-order valence-electron chi connectivity index (χ4n) is 2.93. The largest absolute Gasteiger partial charge is 0.490 e. The zero-order valence-electron chi connectivity index (χ0n) is 13.5. The number of hydrogen-bond acceptors (Lipinski definition) is 5. The van der Waals surface area contributed by atoms with Gasteiger partial charge in [-0.25, -0.2) is 22.5 Å². The monoisotopic (exact) mass is 385 g/mol. The fourth-order valence-corrected chi connectivity index (χ4v) is 3.81. The number of thiazole rings is 1. The van der Waals surface area contributed by atoms with Gasteiger partial charge in [0, 0.05) is 19.2 Å². The summed E-state index contributed by atoms with van der Waals surface area (Å²) in [6, 6.07) is 4.65. The van der Waals surface area contributed by atoms with Crippen LogP contribution < -0.4 is 4.74 Å². The maximum Gasteiger partial charge on any atom is 0.281 e. The summed E-state index contributed by atoms with van der Waals surface area (Å²) >= 11 is 1.05. The summed E-state index contributed by atoms with van der Waals surface area (Å²) in [7, 11) is 0. The predicted molar refractivity (Wildman–Crippen MR) is 87.0 cm³/mol. The molecule has 1 saturated heterocycles. The zero-order valence-corrected chi connectivity index (χ0v) is 14.4. The number of alkyl halides is 2. The van der Waals surface area contributed by atoms with Crippen molar-refractivity contribution in [1.29, 1.82) is 5.26 Å². The molecule has 1 aliphatic rings. The molecule has 9 heteroatoms. The molecule has 138 valence electrons. The van der Waals surface area contributed by atoms with Crippen molar-refractivity contribution >= 4 is 11.3 Å². The number of ether oxygens (including phenoxy) is 1. The lowest BCUT2D eigenvalue weighted by molar-refractivity contribution is 0.0863. The van der Waals surface area contributed by atoms with Crippen molar-refractivity contribution in [2.24, 2.45) is 0 Å². The summed E-state index contributed by atoms with van der Waals surface area (Å²) in [4.78, 5) is 5.74. The highest BCUT2D eigenvalue weighted by Crippen LogP contribution is 2.34. The Hall–Kier alpha value is -2.18. The van der Waals surface area contributed by atoms with Crippen molar-refractivity contribution in [2.45, 2.75) is 31.4 Å². The van der Waals surface area contributed by atoms with Crippen LogP contribution in [-0.2, 0) is 0 Å². The molecule has 26 heavy (non-hydrogen) atoms. The van der Waals surface area contributed by atoms with E-state index in [-0.39, 0.29) is 22.4 Å². The molecule has 0 radical (unpaired) electrons. The quantitative estimate of drug-likeness (QED) is 0.713. The highest BCUT2D eigenvalue weighted by molar-refractivity contribution is 7.09. The molecule has 1 aromatic carbocycles. The third kappa shape index (κ3) is 3.97. The molecular formula is C17H15F4N3OS. The Morgan fingerprint density at radius 2 is 1.96 bits per heavy atom. The highest BCUT2D eigenvalue weighted by Gasteiger charge is 2.31. The van der Waals surface area contributed by atoms with Crippen molar-refractivity contribution < 1.29 is 22.3 Å². The molecule has 0 N–H and O–H groups in total. The first-order valence-corrected chi connectivity index (χ1v) is 8.84. The number of hydrogen-bond donors (Lipinski definition) is 0. The lowest BCUT2D eigenvalue weighted by atomic mass is 10.0. The molecule has 1 atom stereocenters. The van der Waals surface area contributed by atoms with Crippen LogP contribution in [0, 0.1) is 23.0 Å². The lowest BCUT2D eigenvalue weighted by Crippen LogP contribution is -2.40. The number of likely N-dealkylation sites (tertiary alicyclic amines) is 1. The minimum atomic E-state index is -2.72. The van der Waals surface area contributed by atoms with E-state index in [1.807, 2.05) is 4.90 Å². The van der Waals surface area contributed by atoms with Gasteiger partial charge >= 0.3 is 0 Å². The van der Waals surface area contributed by atoms with E-state index in [2.05, 4.69) is 11.1 Å². The first kappa shape index (κ1) is 18.6. The third-order valence-electron chi connectivity index (χ3n) is 4.24.